The molecule has 0 spiro atoms. The molecule has 2 aliphatic rings. The van der Waals surface area contributed by atoms with Gasteiger partial charge in [0.25, 0.3) is 0 Å². The average Bonchev–Trinajstić information content (AvgIpc) is 3.64. The van der Waals surface area contributed by atoms with Crippen molar-refractivity contribution in [2.75, 3.05) is 23.7 Å². The third-order valence-electron chi connectivity index (χ3n) is 6.09. The van der Waals surface area contributed by atoms with Crippen LogP contribution in [0, 0.1) is 12.8 Å². The van der Waals surface area contributed by atoms with Crippen molar-refractivity contribution in [1.82, 2.24) is 15.2 Å². The van der Waals surface area contributed by atoms with Gasteiger partial charge in [0.05, 0.1) is 0 Å². The molecule has 3 N–H and O–H groups in total. The highest BCUT2D eigenvalue weighted by Gasteiger charge is 2.30. The maximum atomic E-state index is 12.8. The number of rotatable bonds is 6. The van der Waals surface area contributed by atoms with Crippen molar-refractivity contribution >= 4 is 29.5 Å². The lowest BCUT2D eigenvalue weighted by Crippen LogP contribution is -2.43. The normalized spacial score (nSPS) is 16.1. The smallest absolute Gasteiger partial charge is 0.410 e. The molecule has 4 rings (SSSR count). The Bertz CT molecular complexity index is 1150. The molecule has 0 bridgehead atoms. The zero-order chi connectivity index (χ0) is 26.6. The van der Waals surface area contributed by atoms with Crippen LogP contribution in [-0.2, 0) is 9.53 Å². The molecule has 2 heterocycles. The quantitative estimate of drug-likeness (QED) is 0.501. The van der Waals surface area contributed by atoms with E-state index in [0.717, 1.165) is 18.4 Å². The Hall–Kier alpha value is -3.82. The Balaban J connectivity index is 1.29. The van der Waals surface area contributed by atoms with Crippen molar-refractivity contribution in [3.63, 3.8) is 0 Å². The Morgan fingerprint density at radius 2 is 1.68 bits per heavy atom. The second-order valence-corrected chi connectivity index (χ2v) is 10.6. The van der Waals surface area contributed by atoms with Gasteiger partial charge in [0.1, 0.15) is 22.9 Å². The standard InChI is InChI=1S/C27H35N5O5/c1-17-15-20(7-8-22(17)30-25(34)29-19-5-6-19)36-21-9-12-28-23(16-21)31-24(33)18-10-13-32(14-11-18)26(35)37-27(2,3)4/h7-9,12,15-16,18-19H,5-6,10-11,13-14H2,1-4H3,(H,28,31,33)(H2,29,30,34). The van der Waals surface area contributed by atoms with Crippen LogP contribution in [0.25, 0.3) is 0 Å². The number of nitrogens with zero attached hydrogens (tertiary/aromatic N) is 2. The van der Waals surface area contributed by atoms with Crippen molar-refractivity contribution in [1.29, 1.82) is 0 Å². The summed E-state index contributed by atoms with van der Waals surface area (Å²) in [6.07, 6.45) is 4.39. The number of aryl methyl sites for hydroxylation is 1. The number of hydrogen-bond donors (Lipinski definition) is 3. The number of aromatic nitrogens is 1. The van der Waals surface area contributed by atoms with E-state index in [9.17, 15) is 14.4 Å². The first kappa shape index (κ1) is 26.2. The highest BCUT2D eigenvalue weighted by molar-refractivity contribution is 5.92. The van der Waals surface area contributed by atoms with Crippen LogP contribution >= 0.6 is 0 Å². The lowest BCUT2D eigenvalue weighted by atomic mass is 9.96. The third-order valence-corrected chi connectivity index (χ3v) is 6.09. The van der Waals surface area contributed by atoms with Gasteiger partial charge in [-0.25, -0.2) is 14.6 Å². The molecule has 1 saturated heterocycles. The number of pyridine rings is 1. The molecule has 1 aliphatic heterocycles. The van der Waals surface area contributed by atoms with E-state index in [4.69, 9.17) is 9.47 Å². The van der Waals surface area contributed by atoms with Crippen LogP contribution in [0.2, 0.25) is 0 Å². The summed E-state index contributed by atoms with van der Waals surface area (Å²) < 4.78 is 11.4. The van der Waals surface area contributed by atoms with Crippen LogP contribution in [0.15, 0.2) is 36.5 Å². The molecule has 1 saturated carbocycles. The van der Waals surface area contributed by atoms with Crippen molar-refractivity contribution < 1.29 is 23.9 Å². The molecule has 1 aromatic carbocycles. The number of benzene rings is 1. The molecule has 1 aliphatic carbocycles. The van der Waals surface area contributed by atoms with Crippen molar-refractivity contribution in [3.05, 3.63) is 42.1 Å². The number of hydrogen-bond acceptors (Lipinski definition) is 6. The molecular formula is C27H35N5O5. The molecule has 0 atom stereocenters. The summed E-state index contributed by atoms with van der Waals surface area (Å²) in [7, 11) is 0. The van der Waals surface area contributed by atoms with E-state index >= 15 is 0 Å². The molecular weight excluding hydrogens is 474 g/mol. The minimum Gasteiger partial charge on any atom is -0.457 e. The Kier molecular flexibility index (Phi) is 7.85. The van der Waals surface area contributed by atoms with E-state index in [1.165, 1.54) is 0 Å². The van der Waals surface area contributed by atoms with Crippen LogP contribution in [0.4, 0.5) is 21.1 Å². The predicted octanol–water partition coefficient (Wildman–Crippen LogP) is 5.05. The van der Waals surface area contributed by atoms with Gasteiger partial charge in [-0.15, -0.1) is 0 Å². The largest absolute Gasteiger partial charge is 0.457 e. The number of ether oxygens (including phenoxy) is 2. The number of carbonyl (C=O) groups is 3. The Labute approximate surface area is 217 Å². The van der Waals surface area contributed by atoms with Gasteiger partial charge in [0.2, 0.25) is 5.91 Å². The summed E-state index contributed by atoms with van der Waals surface area (Å²) in [6.45, 7) is 8.33. The van der Waals surface area contributed by atoms with Crippen molar-refractivity contribution in [2.24, 2.45) is 5.92 Å². The van der Waals surface area contributed by atoms with Crippen LogP contribution < -0.4 is 20.7 Å². The van der Waals surface area contributed by atoms with Gasteiger partial charge in [0.15, 0.2) is 0 Å². The number of likely N-dealkylation sites (tertiary alicyclic amines) is 1. The fourth-order valence-corrected chi connectivity index (χ4v) is 3.97. The molecule has 2 fully saturated rings. The van der Waals surface area contributed by atoms with Gasteiger partial charge in [-0.3, -0.25) is 4.79 Å². The molecule has 2 aromatic rings. The van der Waals surface area contributed by atoms with Gasteiger partial charge in [0, 0.05) is 43.0 Å². The second kappa shape index (κ2) is 11.1. The van der Waals surface area contributed by atoms with E-state index in [0.29, 0.717) is 48.9 Å². The lowest BCUT2D eigenvalue weighted by Gasteiger charge is -2.32. The number of anilines is 2. The van der Waals surface area contributed by atoms with Crippen LogP contribution in [-0.4, -0.2) is 52.6 Å². The molecule has 10 heteroatoms. The number of nitrogens with one attached hydrogen (secondary N) is 3. The Morgan fingerprint density at radius 1 is 0.973 bits per heavy atom. The van der Waals surface area contributed by atoms with Gasteiger partial charge in [-0.1, -0.05) is 0 Å². The first-order valence-electron chi connectivity index (χ1n) is 12.7. The second-order valence-electron chi connectivity index (χ2n) is 10.6. The maximum Gasteiger partial charge on any atom is 0.410 e. The molecule has 4 amide bonds. The molecule has 10 nitrogen and oxygen atoms in total. The fraction of sp³-hybridized carbons (Fsp3) is 0.481. The van der Waals surface area contributed by atoms with Crippen molar-refractivity contribution in [2.45, 2.75) is 65.0 Å². The van der Waals surface area contributed by atoms with Gasteiger partial charge in [-0.2, -0.15) is 0 Å². The van der Waals surface area contributed by atoms with E-state index in [-0.39, 0.29) is 30.0 Å². The van der Waals surface area contributed by atoms with Crippen LogP contribution in [0.1, 0.15) is 52.0 Å². The van der Waals surface area contributed by atoms with Crippen molar-refractivity contribution in [3.8, 4) is 11.5 Å². The maximum absolute atomic E-state index is 12.8. The monoisotopic (exact) mass is 509 g/mol. The van der Waals surface area contributed by atoms with Gasteiger partial charge < -0.3 is 30.3 Å². The van der Waals surface area contributed by atoms with Gasteiger partial charge in [-0.05, 0) is 83.2 Å². The molecule has 37 heavy (non-hydrogen) atoms. The summed E-state index contributed by atoms with van der Waals surface area (Å²) in [5.74, 6) is 1.17. The zero-order valence-corrected chi connectivity index (χ0v) is 21.8. The lowest BCUT2D eigenvalue weighted by molar-refractivity contribution is -0.121. The van der Waals surface area contributed by atoms with Gasteiger partial charge >= 0.3 is 12.1 Å². The summed E-state index contributed by atoms with van der Waals surface area (Å²) in [5.41, 5.74) is 1.03. The highest BCUT2D eigenvalue weighted by atomic mass is 16.6. The topological polar surface area (TPSA) is 122 Å². The zero-order valence-electron chi connectivity index (χ0n) is 21.8. The summed E-state index contributed by atoms with van der Waals surface area (Å²) in [4.78, 5) is 43.0. The summed E-state index contributed by atoms with van der Waals surface area (Å²) in [5, 5.41) is 8.62. The third kappa shape index (κ3) is 7.83. The van der Waals surface area contributed by atoms with E-state index in [2.05, 4.69) is 20.9 Å². The summed E-state index contributed by atoms with van der Waals surface area (Å²) in [6, 6.07) is 8.86. The number of carbonyl (C=O) groups excluding carboxylic acids is 3. The predicted molar refractivity (Wildman–Crippen MR) is 140 cm³/mol. The van der Waals surface area contributed by atoms with Crippen LogP contribution in [0.3, 0.4) is 0 Å². The molecule has 1 aromatic heterocycles. The molecule has 0 radical (unpaired) electrons. The SMILES string of the molecule is Cc1cc(Oc2ccnc(NC(=O)C3CCN(C(=O)OC(C)(C)C)CC3)c2)ccc1NC(=O)NC1CC1. The fourth-order valence-electron chi connectivity index (χ4n) is 3.97. The van der Waals surface area contributed by atoms with E-state index in [1.54, 1.807) is 35.4 Å². The molecule has 0 unspecified atom stereocenters. The molecule has 198 valence electrons. The van der Waals surface area contributed by atoms with E-state index < -0.39 is 5.60 Å². The number of urea groups is 1. The Morgan fingerprint density at radius 3 is 2.32 bits per heavy atom. The average molecular weight is 510 g/mol. The first-order valence-corrected chi connectivity index (χ1v) is 12.7. The number of piperidine rings is 1. The first-order chi connectivity index (χ1) is 17.6. The number of amides is 4. The highest BCUT2D eigenvalue weighted by Crippen LogP contribution is 2.28. The van der Waals surface area contributed by atoms with Crippen LogP contribution in [0.5, 0.6) is 11.5 Å². The van der Waals surface area contributed by atoms with E-state index in [1.807, 2.05) is 33.8 Å². The minimum absolute atomic E-state index is 0.135. The minimum atomic E-state index is -0.548. The summed E-state index contributed by atoms with van der Waals surface area (Å²) >= 11 is 0.